The van der Waals surface area contributed by atoms with Gasteiger partial charge in [-0.25, -0.2) is 4.68 Å². The van der Waals surface area contributed by atoms with Crippen molar-refractivity contribution in [1.82, 2.24) is 25.0 Å². The minimum atomic E-state index is -0.0722. The van der Waals surface area contributed by atoms with Crippen molar-refractivity contribution >= 4 is 16.8 Å². The number of nitrogens with zero attached hydrogens (tertiary/aromatic N) is 3. The number of amides is 1. The molecule has 7 heteroatoms. The van der Waals surface area contributed by atoms with E-state index in [1.807, 2.05) is 37.4 Å². The number of fused-ring (bicyclic) bond motifs is 1. The van der Waals surface area contributed by atoms with E-state index in [9.17, 15) is 9.59 Å². The van der Waals surface area contributed by atoms with E-state index in [1.165, 1.54) is 4.68 Å². The van der Waals surface area contributed by atoms with Gasteiger partial charge in [0, 0.05) is 47.9 Å². The van der Waals surface area contributed by atoms with Crippen LogP contribution in [0, 0.1) is 6.92 Å². The fourth-order valence-corrected chi connectivity index (χ4v) is 4.11. The maximum absolute atomic E-state index is 12.8. The van der Waals surface area contributed by atoms with E-state index in [2.05, 4.69) is 20.3 Å². The lowest BCUT2D eigenvalue weighted by molar-refractivity contribution is 0.0910. The average molecular weight is 393 g/mol. The summed E-state index contributed by atoms with van der Waals surface area (Å²) >= 11 is 0. The zero-order valence-corrected chi connectivity index (χ0v) is 16.7. The molecule has 0 radical (unpaired) electrons. The summed E-state index contributed by atoms with van der Waals surface area (Å²) in [5.74, 6) is -0.0442. The van der Waals surface area contributed by atoms with Gasteiger partial charge in [-0.2, -0.15) is 5.10 Å². The number of carbonyl (C=O) groups is 1. The van der Waals surface area contributed by atoms with Crippen LogP contribution < -0.4 is 10.9 Å². The van der Waals surface area contributed by atoms with Crippen LogP contribution in [0.1, 0.15) is 35.3 Å². The third-order valence-electron chi connectivity index (χ3n) is 5.69. The highest BCUT2D eigenvalue weighted by molar-refractivity contribution is 6.06. The lowest BCUT2D eigenvalue weighted by Crippen LogP contribution is -2.48. The molecule has 3 aromatic rings. The van der Waals surface area contributed by atoms with E-state index < -0.39 is 0 Å². The van der Waals surface area contributed by atoms with Crippen LogP contribution in [0.25, 0.3) is 10.9 Å². The fraction of sp³-hybridized carbons (Fsp3) is 0.409. The van der Waals surface area contributed by atoms with Crippen LogP contribution in [-0.4, -0.2) is 51.2 Å². The summed E-state index contributed by atoms with van der Waals surface area (Å²) in [6.45, 7) is 4.79. The predicted octanol–water partition coefficient (Wildman–Crippen LogP) is 2.32. The summed E-state index contributed by atoms with van der Waals surface area (Å²) in [7, 11) is 0. The molecule has 1 atom stereocenters. The highest BCUT2D eigenvalue weighted by atomic mass is 16.1. The minimum absolute atomic E-state index is 0.0442. The molecule has 2 aromatic heterocycles. The van der Waals surface area contributed by atoms with Crippen molar-refractivity contribution in [2.24, 2.45) is 0 Å². The lowest BCUT2D eigenvalue weighted by atomic mass is 10.0. The van der Waals surface area contributed by atoms with Gasteiger partial charge in [-0.15, -0.1) is 0 Å². The molecule has 1 fully saturated rings. The van der Waals surface area contributed by atoms with Crippen molar-refractivity contribution < 1.29 is 4.79 Å². The highest BCUT2D eigenvalue weighted by Gasteiger charge is 2.23. The standard InChI is InChI=1S/C22H27N5O2/c1-16-8-9-21(28)27(25-16)14-13-26-12-3-2-5-17(26)15-24-22(29)19-6-4-7-20-18(19)10-11-23-20/h4,6-11,17,23H,2-3,5,12-15H2,1H3,(H,24,29). The number of hydrogen-bond acceptors (Lipinski definition) is 4. The molecule has 3 heterocycles. The second-order valence-electron chi connectivity index (χ2n) is 7.68. The van der Waals surface area contributed by atoms with E-state index in [1.54, 1.807) is 12.1 Å². The number of benzene rings is 1. The molecule has 4 rings (SSSR count). The number of rotatable bonds is 6. The molecule has 7 nitrogen and oxygen atoms in total. The van der Waals surface area contributed by atoms with Gasteiger partial charge >= 0.3 is 0 Å². The monoisotopic (exact) mass is 393 g/mol. The van der Waals surface area contributed by atoms with Gasteiger partial charge in [0.15, 0.2) is 0 Å². The molecule has 1 amide bonds. The number of aryl methyl sites for hydroxylation is 1. The average Bonchev–Trinajstić information content (AvgIpc) is 3.22. The van der Waals surface area contributed by atoms with Gasteiger partial charge in [0.1, 0.15) is 0 Å². The third-order valence-corrected chi connectivity index (χ3v) is 5.69. The van der Waals surface area contributed by atoms with E-state index in [4.69, 9.17) is 0 Å². The van der Waals surface area contributed by atoms with E-state index in [-0.39, 0.29) is 17.5 Å². The van der Waals surface area contributed by atoms with Crippen LogP contribution in [0.3, 0.4) is 0 Å². The second kappa shape index (κ2) is 8.61. The summed E-state index contributed by atoms with van der Waals surface area (Å²) in [6.07, 6.45) is 5.20. The molecular formula is C22H27N5O2. The first-order chi connectivity index (χ1) is 14.1. The maximum atomic E-state index is 12.8. The third kappa shape index (κ3) is 4.40. The molecule has 152 valence electrons. The number of carbonyl (C=O) groups excluding carboxylic acids is 1. The Bertz CT molecular complexity index is 1050. The fourth-order valence-electron chi connectivity index (χ4n) is 4.11. The summed E-state index contributed by atoms with van der Waals surface area (Å²) in [5, 5.41) is 8.39. The van der Waals surface area contributed by atoms with Crippen molar-refractivity contribution in [3.8, 4) is 0 Å². The quantitative estimate of drug-likeness (QED) is 0.673. The van der Waals surface area contributed by atoms with Gasteiger partial charge in [-0.1, -0.05) is 12.5 Å². The van der Waals surface area contributed by atoms with Gasteiger partial charge in [0.2, 0.25) is 0 Å². The first-order valence-corrected chi connectivity index (χ1v) is 10.2. The zero-order valence-electron chi connectivity index (χ0n) is 16.7. The smallest absolute Gasteiger partial charge is 0.266 e. The Kier molecular flexibility index (Phi) is 5.76. The second-order valence-corrected chi connectivity index (χ2v) is 7.68. The lowest BCUT2D eigenvalue weighted by Gasteiger charge is -2.35. The molecular weight excluding hydrogens is 366 g/mol. The number of piperidine rings is 1. The van der Waals surface area contributed by atoms with Crippen molar-refractivity contribution in [3.05, 3.63) is 64.2 Å². The normalized spacial score (nSPS) is 17.5. The van der Waals surface area contributed by atoms with Gasteiger partial charge in [0.25, 0.3) is 11.5 Å². The van der Waals surface area contributed by atoms with E-state index in [0.29, 0.717) is 18.7 Å². The zero-order chi connectivity index (χ0) is 20.2. The van der Waals surface area contributed by atoms with Crippen molar-refractivity contribution in [1.29, 1.82) is 0 Å². The molecule has 2 N–H and O–H groups in total. The molecule has 0 spiro atoms. The maximum Gasteiger partial charge on any atom is 0.266 e. The van der Waals surface area contributed by atoms with Gasteiger partial charge in [0.05, 0.1) is 12.2 Å². The Hall–Kier alpha value is -2.93. The summed E-state index contributed by atoms with van der Waals surface area (Å²) in [6, 6.07) is 11.2. The van der Waals surface area contributed by atoms with Crippen LogP contribution >= 0.6 is 0 Å². The van der Waals surface area contributed by atoms with Crippen LogP contribution in [0.4, 0.5) is 0 Å². The molecule has 1 aliphatic heterocycles. The van der Waals surface area contributed by atoms with Crippen LogP contribution in [0.15, 0.2) is 47.4 Å². The molecule has 1 aromatic carbocycles. The molecule has 1 saturated heterocycles. The first kappa shape index (κ1) is 19.4. The van der Waals surface area contributed by atoms with Crippen molar-refractivity contribution in [2.45, 2.75) is 38.8 Å². The topological polar surface area (TPSA) is 83.0 Å². The molecule has 0 saturated carbocycles. The Morgan fingerprint density at radius 2 is 2.10 bits per heavy atom. The Labute approximate surface area is 169 Å². The molecule has 1 unspecified atom stereocenters. The molecule has 1 aliphatic rings. The van der Waals surface area contributed by atoms with Crippen molar-refractivity contribution in [3.63, 3.8) is 0 Å². The van der Waals surface area contributed by atoms with E-state index in [0.717, 1.165) is 48.9 Å². The summed E-state index contributed by atoms with van der Waals surface area (Å²) < 4.78 is 1.53. The first-order valence-electron chi connectivity index (χ1n) is 10.2. The summed E-state index contributed by atoms with van der Waals surface area (Å²) in [4.78, 5) is 30.3. The SMILES string of the molecule is Cc1ccc(=O)n(CCN2CCCCC2CNC(=O)c2cccc3[nH]ccc23)n1. The van der Waals surface area contributed by atoms with Crippen LogP contribution in [0.5, 0.6) is 0 Å². The van der Waals surface area contributed by atoms with Gasteiger partial charge in [-0.3, -0.25) is 14.5 Å². The number of aromatic nitrogens is 3. The molecule has 29 heavy (non-hydrogen) atoms. The number of aromatic amines is 1. The van der Waals surface area contributed by atoms with Gasteiger partial charge in [-0.05, 0) is 50.6 Å². The van der Waals surface area contributed by atoms with Crippen molar-refractivity contribution in [2.75, 3.05) is 19.6 Å². The minimum Gasteiger partial charge on any atom is -0.361 e. The van der Waals surface area contributed by atoms with Crippen LogP contribution in [0.2, 0.25) is 0 Å². The number of nitrogens with one attached hydrogen (secondary N) is 2. The number of H-pyrrole nitrogens is 1. The van der Waals surface area contributed by atoms with Gasteiger partial charge < -0.3 is 10.3 Å². The predicted molar refractivity (Wildman–Crippen MR) is 113 cm³/mol. The molecule has 0 bridgehead atoms. The number of likely N-dealkylation sites (tertiary alicyclic amines) is 1. The Morgan fingerprint density at radius 1 is 1.21 bits per heavy atom. The highest BCUT2D eigenvalue weighted by Crippen LogP contribution is 2.19. The van der Waals surface area contributed by atoms with E-state index >= 15 is 0 Å². The Morgan fingerprint density at radius 3 is 3.00 bits per heavy atom. The Balaban J connectivity index is 1.39. The van der Waals surface area contributed by atoms with Crippen LogP contribution in [-0.2, 0) is 6.54 Å². The summed E-state index contributed by atoms with van der Waals surface area (Å²) in [5.41, 5.74) is 2.43. The largest absolute Gasteiger partial charge is 0.361 e. The number of hydrogen-bond donors (Lipinski definition) is 2. The molecule has 0 aliphatic carbocycles.